The van der Waals surface area contributed by atoms with Gasteiger partial charge in [-0.05, 0) is 38.8 Å². The largest absolute Gasteiger partial charge is 0.462 e. The van der Waals surface area contributed by atoms with Crippen LogP contribution in [0.15, 0.2) is 6.20 Å². The second-order valence-corrected chi connectivity index (χ2v) is 5.33. The average molecular weight is 280 g/mol. The average Bonchev–Trinajstić information content (AvgIpc) is 2.81. The highest BCUT2D eigenvalue weighted by molar-refractivity contribution is 5.90. The fourth-order valence-corrected chi connectivity index (χ4v) is 2.73. The molecule has 1 aromatic heterocycles. The Labute approximate surface area is 119 Å². The van der Waals surface area contributed by atoms with E-state index in [1.807, 2.05) is 14.0 Å². The number of rotatable bonds is 5. The van der Waals surface area contributed by atoms with Crippen LogP contribution in [0.5, 0.6) is 0 Å². The summed E-state index contributed by atoms with van der Waals surface area (Å²) in [5, 5.41) is 4.19. The number of aryl methyl sites for hydroxylation is 1. The number of piperidine rings is 1. The van der Waals surface area contributed by atoms with Crippen LogP contribution in [0.2, 0.25) is 0 Å². The minimum absolute atomic E-state index is 0.289. The number of ether oxygens (including phenoxy) is 1. The predicted molar refractivity (Wildman–Crippen MR) is 76.2 cm³/mol. The van der Waals surface area contributed by atoms with Crippen LogP contribution < -0.4 is 5.73 Å². The molecule has 1 aromatic rings. The molecule has 2 heterocycles. The molecule has 1 atom stereocenters. The van der Waals surface area contributed by atoms with Gasteiger partial charge in [0.05, 0.1) is 18.5 Å². The second-order valence-electron chi connectivity index (χ2n) is 5.33. The van der Waals surface area contributed by atoms with Gasteiger partial charge >= 0.3 is 5.97 Å². The van der Waals surface area contributed by atoms with Crippen LogP contribution in [0.25, 0.3) is 0 Å². The van der Waals surface area contributed by atoms with Crippen molar-refractivity contribution in [2.75, 3.05) is 26.2 Å². The van der Waals surface area contributed by atoms with E-state index in [2.05, 4.69) is 10.00 Å². The van der Waals surface area contributed by atoms with E-state index in [1.165, 1.54) is 6.42 Å². The van der Waals surface area contributed by atoms with Crippen molar-refractivity contribution >= 4 is 5.97 Å². The maximum Gasteiger partial charge on any atom is 0.341 e. The summed E-state index contributed by atoms with van der Waals surface area (Å²) in [5.41, 5.74) is 7.26. The van der Waals surface area contributed by atoms with Crippen molar-refractivity contribution in [2.24, 2.45) is 18.7 Å². The summed E-state index contributed by atoms with van der Waals surface area (Å²) in [6.07, 6.45) is 3.95. The molecule has 2 N–H and O–H groups in total. The standard InChI is InChI=1S/C14H24N4O2/c1-3-20-14(19)12-8-16-17(2)13(12)10-18-6-4-5-11(7-15)9-18/h8,11H,3-7,9-10,15H2,1-2H3. The van der Waals surface area contributed by atoms with Gasteiger partial charge in [0.1, 0.15) is 5.56 Å². The van der Waals surface area contributed by atoms with Crippen molar-refractivity contribution in [1.29, 1.82) is 0 Å². The molecule has 1 aliphatic heterocycles. The number of nitrogens with zero attached hydrogens (tertiary/aromatic N) is 3. The van der Waals surface area contributed by atoms with Crippen molar-refractivity contribution in [1.82, 2.24) is 14.7 Å². The molecule has 0 amide bonds. The third-order valence-corrected chi connectivity index (χ3v) is 3.87. The highest BCUT2D eigenvalue weighted by Crippen LogP contribution is 2.19. The Bertz CT molecular complexity index is 458. The fraction of sp³-hybridized carbons (Fsp3) is 0.714. The molecule has 1 unspecified atom stereocenters. The molecule has 20 heavy (non-hydrogen) atoms. The molecule has 0 radical (unpaired) electrons. The molecule has 1 saturated heterocycles. The number of esters is 1. The Morgan fingerprint density at radius 3 is 3.10 bits per heavy atom. The Hall–Kier alpha value is -1.40. The third kappa shape index (κ3) is 3.37. The van der Waals surface area contributed by atoms with Gasteiger partial charge < -0.3 is 10.5 Å². The van der Waals surface area contributed by atoms with Gasteiger partial charge in [0.2, 0.25) is 0 Å². The summed E-state index contributed by atoms with van der Waals surface area (Å²) >= 11 is 0. The van der Waals surface area contributed by atoms with Crippen molar-refractivity contribution in [2.45, 2.75) is 26.3 Å². The van der Waals surface area contributed by atoms with Crippen LogP contribution in [-0.2, 0) is 18.3 Å². The first kappa shape index (κ1) is 15.0. The summed E-state index contributed by atoms with van der Waals surface area (Å²) in [6.45, 7) is 5.68. The van der Waals surface area contributed by atoms with Crippen LogP contribution in [0.4, 0.5) is 0 Å². The van der Waals surface area contributed by atoms with E-state index in [0.29, 0.717) is 18.1 Å². The first-order valence-corrected chi connectivity index (χ1v) is 7.26. The lowest BCUT2D eigenvalue weighted by molar-refractivity contribution is 0.0523. The maximum atomic E-state index is 11.9. The van der Waals surface area contributed by atoms with Crippen molar-refractivity contribution < 1.29 is 9.53 Å². The van der Waals surface area contributed by atoms with Crippen molar-refractivity contribution in [3.8, 4) is 0 Å². The molecule has 0 aromatic carbocycles. The Kier molecular flexibility index (Phi) is 5.14. The number of hydrogen-bond acceptors (Lipinski definition) is 5. The summed E-state index contributed by atoms with van der Waals surface area (Å²) in [7, 11) is 1.86. The molecule has 1 fully saturated rings. The first-order chi connectivity index (χ1) is 9.65. The SMILES string of the molecule is CCOC(=O)c1cnn(C)c1CN1CCCC(CN)C1. The number of carbonyl (C=O) groups is 1. The summed E-state index contributed by atoms with van der Waals surface area (Å²) in [6, 6.07) is 0. The lowest BCUT2D eigenvalue weighted by Crippen LogP contribution is -2.38. The molecule has 112 valence electrons. The zero-order valence-electron chi connectivity index (χ0n) is 12.3. The molecule has 6 heteroatoms. The quantitative estimate of drug-likeness (QED) is 0.806. The first-order valence-electron chi connectivity index (χ1n) is 7.26. The Morgan fingerprint density at radius 1 is 1.60 bits per heavy atom. The molecular weight excluding hydrogens is 256 g/mol. The summed E-state index contributed by atoms with van der Waals surface area (Å²) in [5.74, 6) is 0.269. The van der Waals surface area contributed by atoms with Gasteiger partial charge in [-0.15, -0.1) is 0 Å². The Morgan fingerprint density at radius 2 is 2.40 bits per heavy atom. The van der Waals surface area contributed by atoms with Gasteiger partial charge in [-0.2, -0.15) is 5.10 Å². The van der Waals surface area contributed by atoms with E-state index in [9.17, 15) is 4.79 Å². The lowest BCUT2D eigenvalue weighted by Gasteiger charge is -2.32. The highest BCUT2D eigenvalue weighted by Gasteiger charge is 2.23. The molecular formula is C14H24N4O2. The molecule has 0 aliphatic carbocycles. The minimum Gasteiger partial charge on any atom is -0.462 e. The van der Waals surface area contributed by atoms with E-state index >= 15 is 0 Å². The number of hydrogen-bond donors (Lipinski definition) is 1. The lowest BCUT2D eigenvalue weighted by atomic mass is 9.98. The second kappa shape index (κ2) is 6.85. The van der Waals surface area contributed by atoms with Gasteiger partial charge in [-0.25, -0.2) is 4.79 Å². The number of aromatic nitrogens is 2. The molecule has 0 bridgehead atoms. The zero-order valence-corrected chi connectivity index (χ0v) is 12.3. The summed E-state index contributed by atoms with van der Waals surface area (Å²) < 4.78 is 6.84. The number of likely N-dealkylation sites (tertiary alicyclic amines) is 1. The smallest absolute Gasteiger partial charge is 0.341 e. The highest BCUT2D eigenvalue weighted by atomic mass is 16.5. The maximum absolute atomic E-state index is 11.9. The zero-order chi connectivity index (χ0) is 14.5. The van der Waals surface area contributed by atoms with E-state index < -0.39 is 0 Å². The number of carbonyl (C=O) groups excluding carboxylic acids is 1. The molecule has 0 spiro atoms. The topological polar surface area (TPSA) is 73.4 Å². The van der Waals surface area contributed by atoms with Gasteiger partial charge in [-0.1, -0.05) is 0 Å². The van der Waals surface area contributed by atoms with Crippen LogP contribution >= 0.6 is 0 Å². The monoisotopic (exact) mass is 280 g/mol. The molecule has 1 aliphatic rings. The van der Waals surface area contributed by atoms with E-state index in [1.54, 1.807) is 10.9 Å². The van der Waals surface area contributed by atoms with Gasteiger partial charge in [-0.3, -0.25) is 9.58 Å². The molecule has 2 rings (SSSR count). The van der Waals surface area contributed by atoms with Crippen LogP contribution in [0, 0.1) is 5.92 Å². The van der Waals surface area contributed by atoms with Crippen LogP contribution in [-0.4, -0.2) is 46.9 Å². The molecule has 0 saturated carbocycles. The predicted octanol–water partition coefficient (Wildman–Crippen LogP) is 0.768. The summed E-state index contributed by atoms with van der Waals surface area (Å²) in [4.78, 5) is 14.3. The van der Waals surface area contributed by atoms with Crippen molar-refractivity contribution in [3.63, 3.8) is 0 Å². The van der Waals surface area contributed by atoms with E-state index in [0.717, 1.165) is 38.3 Å². The van der Waals surface area contributed by atoms with Gasteiger partial charge in [0.25, 0.3) is 0 Å². The normalized spacial score (nSPS) is 20.1. The van der Waals surface area contributed by atoms with Gasteiger partial charge in [0.15, 0.2) is 0 Å². The Balaban J connectivity index is 2.08. The fourth-order valence-electron chi connectivity index (χ4n) is 2.73. The number of nitrogens with two attached hydrogens (primary N) is 1. The van der Waals surface area contributed by atoms with Gasteiger partial charge in [0, 0.05) is 20.1 Å². The van der Waals surface area contributed by atoms with Crippen LogP contribution in [0.1, 0.15) is 35.8 Å². The van der Waals surface area contributed by atoms with E-state index in [4.69, 9.17) is 10.5 Å². The molecule has 6 nitrogen and oxygen atoms in total. The van der Waals surface area contributed by atoms with Crippen molar-refractivity contribution in [3.05, 3.63) is 17.5 Å². The van der Waals surface area contributed by atoms with E-state index in [-0.39, 0.29) is 5.97 Å². The van der Waals surface area contributed by atoms with Crippen LogP contribution in [0.3, 0.4) is 0 Å². The third-order valence-electron chi connectivity index (χ3n) is 3.87. The minimum atomic E-state index is -0.289.